The minimum atomic E-state index is 0.0267. The molecule has 1 aliphatic carbocycles. The quantitative estimate of drug-likeness (QED) is 0.661. The number of hydrogen-bond donors (Lipinski definition) is 1. The van der Waals surface area contributed by atoms with Gasteiger partial charge in [-0.1, -0.05) is 32.1 Å². The van der Waals surface area contributed by atoms with Crippen LogP contribution in [-0.2, 0) is 4.79 Å². The van der Waals surface area contributed by atoms with E-state index < -0.39 is 0 Å². The first-order valence-corrected chi connectivity index (χ1v) is 8.65. The van der Waals surface area contributed by atoms with Crippen LogP contribution in [0.15, 0.2) is 5.10 Å². The largest absolute Gasteiger partial charge is 0.273 e. The van der Waals surface area contributed by atoms with Gasteiger partial charge in [-0.2, -0.15) is 5.10 Å². The van der Waals surface area contributed by atoms with Crippen LogP contribution < -0.4 is 5.43 Å². The molecule has 116 valence electrons. The van der Waals surface area contributed by atoms with Gasteiger partial charge in [0.25, 0.3) is 0 Å². The van der Waals surface area contributed by atoms with Crippen LogP contribution in [0.25, 0.3) is 0 Å². The number of hydrogen-bond acceptors (Lipinski definition) is 4. The lowest BCUT2D eigenvalue weighted by atomic mass is 9.86. The summed E-state index contributed by atoms with van der Waals surface area (Å²) in [7, 11) is 0. The summed E-state index contributed by atoms with van der Waals surface area (Å²) in [4.78, 5) is 17.3. The Kier molecular flexibility index (Phi) is 5.91. The van der Waals surface area contributed by atoms with Crippen LogP contribution >= 0.6 is 11.3 Å². The van der Waals surface area contributed by atoms with Gasteiger partial charge in [0.2, 0.25) is 5.91 Å². The second-order valence-corrected chi connectivity index (χ2v) is 7.13. The zero-order valence-electron chi connectivity index (χ0n) is 13.2. The van der Waals surface area contributed by atoms with E-state index in [9.17, 15) is 4.79 Å². The van der Waals surface area contributed by atoms with Crippen LogP contribution in [0.5, 0.6) is 0 Å². The second-order valence-electron chi connectivity index (χ2n) is 5.92. The number of nitrogens with zero attached hydrogens (tertiary/aromatic N) is 2. The molecule has 4 nitrogen and oxygen atoms in total. The summed E-state index contributed by atoms with van der Waals surface area (Å²) in [5, 5.41) is 5.25. The molecule has 1 amide bonds. The summed E-state index contributed by atoms with van der Waals surface area (Å²) < 4.78 is 0. The highest BCUT2D eigenvalue weighted by molar-refractivity contribution is 7.13. The van der Waals surface area contributed by atoms with E-state index in [-0.39, 0.29) is 5.91 Å². The van der Waals surface area contributed by atoms with Crippen molar-refractivity contribution >= 4 is 23.0 Å². The van der Waals surface area contributed by atoms with Crippen LogP contribution in [-0.4, -0.2) is 16.6 Å². The van der Waals surface area contributed by atoms with Crippen molar-refractivity contribution < 1.29 is 4.79 Å². The number of amides is 1. The Morgan fingerprint density at radius 2 is 2.05 bits per heavy atom. The van der Waals surface area contributed by atoms with E-state index in [1.165, 1.54) is 32.1 Å². The zero-order valence-corrected chi connectivity index (χ0v) is 14.1. The van der Waals surface area contributed by atoms with Crippen molar-refractivity contribution in [2.45, 2.75) is 65.7 Å². The number of aromatic nitrogens is 1. The Bertz CT molecular complexity index is 516. The zero-order chi connectivity index (χ0) is 15.2. The number of carbonyl (C=O) groups excluding carboxylic acids is 1. The number of aryl methyl sites for hydroxylation is 2. The fraction of sp³-hybridized carbons (Fsp3) is 0.688. The molecule has 0 atom stereocenters. The van der Waals surface area contributed by atoms with Crippen LogP contribution in [0.1, 0.15) is 67.4 Å². The van der Waals surface area contributed by atoms with E-state index in [1.54, 1.807) is 11.3 Å². The van der Waals surface area contributed by atoms with E-state index in [1.807, 2.05) is 20.8 Å². The normalized spacial score (nSPS) is 17.0. The van der Waals surface area contributed by atoms with E-state index in [0.29, 0.717) is 6.42 Å². The van der Waals surface area contributed by atoms with Gasteiger partial charge in [-0.25, -0.2) is 10.4 Å². The molecule has 1 heterocycles. The molecule has 1 aromatic rings. The molecule has 0 unspecified atom stereocenters. The van der Waals surface area contributed by atoms with Crippen molar-refractivity contribution in [3.05, 3.63) is 15.6 Å². The lowest BCUT2D eigenvalue weighted by Gasteiger charge is -2.20. The first-order chi connectivity index (χ1) is 10.1. The molecule has 1 aromatic heterocycles. The smallest absolute Gasteiger partial charge is 0.240 e. The maximum Gasteiger partial charge on any atom is 0.240 e. The molecule has 0 aromatic carbocycles. The Morgan fingerprint density at radius 3 is 2.67 bits per heavy atom. The van der Waals surface area contributed by atoms with Crippen LogP contribution in [0.3, 0.4) is 0 Å². The van der Waals surface area contributed by atoms with Gasteiger partial charge in [-0.3, -0.25) is 4.79 Å². The molecule has 0 saturated heterocycles. The average molecular weight is 307 g/mol. The lowest BCUT2D eigenvalue weighted by Crippen LogP contribution is -2.20. The Labute approximate surface area is 131 Å². The first-order valence-electron chi connectivity index (χ1n) is 7.84. The third-order valence-electron chi connectivity index (χ3n) is 4.08. The van der Waals surface area contributed by atoms with E-state index >= 15 is 0 Å². The molecule has 5 heteroatoms. The van der Waals surface area contributed by atoms with Crippen LogP contribution in [0, 0.1) is 19.8 Å². The predicted molar refractivity (Wildman–Crippen MR) is 87.8 cm³/mol. The molecule has 0 aliphatic heterocycles. The fourth-order valence-corrected chi connectivity index (χ4v) is 3.80. The van der Waals surface area contributed by atoms with Crippen molar-refractivity contribution in [3.8, 4) is 0 Å². The van der Waals surface area contributed by atoms with Gasteiger partial charge >= 0.3 is 0 Å². The molecule has 1 fully saturated rings. The number of hydrazone groups is 1. The Morgan fingerprint density at radius 1 is 1.33 bits per heavy atom. The monoisotopic (exact) mass is 307 g/mol. The van der Waals surface area contributed by atoms with Gasteiger partial charge < -0.3 is 0 Å². The van der Waals surface area contributed by atoms with Crippen molar-refractivity contribution in [3.63, 3.8) is 0 Å². The minimum Gasteiger partial charge on any atom is -0.273 e. The maximum absolute atomic E-state index is 11.9. The molecule has 0 radical (unpaired) electrons. The van der Waals surface area contributed by atoms with Crippen molar-refractivity contribution in [2.75, 3.05) is 0 Å². The SMILES string of the molecule is CC(=NNC(=O)CCC1CCCCC1)c1sc(C)nc1C. The number of rotatable bonds is 5. The highest BCUT2D eigenvalue weighted by Crippen LogP contribution is 2.27. The summed E-state index contributed by atoms with van der Waals surface area (Å²) in [6.07, 6.45) is 8.17. The number of thiazole rings is 1. The Hall–Kier alpha value is -1.23. The van der Waals surface area contributed by atoms with E-state index in [2.05, 4.69) is 15.5 Å². The van der Waals surface area contributed by atoms with Crippen molar-refractivity contribution in [1.29, 1.82) is 0 Å². The maximum atomic E-state index is 11.9. The summed E-state index contributed by atoms with van der Waals surface area (Å²) in [6.45, 7) is 5.88. The molecule has 1 aliphatic rings. The van der Waals surface area contributed by atoms with Crippen LogP contribution in [0.2, 0.25) is 0 Å². The van der Waals surface area contributed by atoms with Crippen molar-refractivity contribution in [1.82, 2.24) is 10.4 Å². The lowest BCUT2D eigenvalue weighted by molar-refractivity contribution is -0.121. The van der Waals surface area contributed by atoms with Gasteiger partial charge in [0.1, 0.15) is 0 Å². The number of carbonyl (C=O) groups is 1. The van der Waals surface area contributed by atoms with Gasteiger partial charge in [-0.15, -0.1) is 11.3 Å². The predicted octanol–water partition coefficient (Wildman–Crippen LogP) is 3.96. The fourth-order valence-electron chi connectivity index (χ4n) is 2.93. The molecule has 2 rings (SSSR count). The van der Waals surface area contributed by atoms with Gasteiger partial charge in [0.05, 0.1) is 21.3 Å². The second kappa shape index (κ2) is 7.69. The highest BCUT2D eigenvalue weighted by Gasteiger charge is 2.15. The average Bonchev–Trinajstić information content (AvgIpc) is 2.82. The summed E-state index contributed by atoms with van der Waals surface area (Å²) in [5.74, 6) is 0.764. The van der Waals surface area contributed by atoms with Gasteiger partial charge in [0, 0.05) is 6.42 Å². The first kappa shape index (κ1) is 16.1. The topological polar surface area (TPSA) is 54.4 Å². The van der Waals surface area contributed by atoms with Crippen LogP contribution in [0.4, 0.5) is 0 Å². The minimum absolute atomic E-state index is 0.0267. The highest BCUT2D eigenvalue weighted by atomic mass is 32.1. The molecule has 0 bridgehead atoms. The van der Waals surface area contributed by atoms with Gasteiger partial charge in [0.15, 0.2) is 0 Å². The molecule has 1 saturated carbocycles. The van der Waals surface area contributed by atoms with Crippen molar-refractivity contribution in [2.24, 2.45) is 11.0 Å². The summed E-state index contributed by atoms with van der Waals surface area (Å²) >= 11 is 1.62. The third-order valence-corrected chi connectivity index (χ3v) is 5.27. The molecule has 1 N–H and O–H groups in total. The summed E-state index contributed by atoms with van der Waals surface area (Å²) in [5.41, 5.74) is 4.50. The van der Waals surface area contributed by atoms with Gasteiger partial charge in [-0.05, 0) is 33.1 Å². The number of nitrogens with one attached hydrogen (secondary N) is 1. The molecule has 21 heavy (non-hydrogen) atoms. The molecular formula is C16H25N3OS. The standard InChI is InChI=1S/C16H25N3OS/c1-11-16(21-13(3)17-11)12(2)18-19-15(20)10-9-14-7-5-4-6-8-14/h14H,4-10H2,1-3H3,(H,19,20). The molecule has 0 spiro atoms. The summed E-state index contributed by atoms with van der Waals surface area (Å²) in [6, 6.07) is 0. The Balaban J connectivity index is 1.79. The van der Waals surface area contributed by atoms with E-state index in [4.69, 9.17) is 0 Å². The molecular weight excluding hydrogens is 282 g/mol. The van der Waals surface area contributed by atoms with E-state index in [0.717, 1.165) is 33.6 Å². The third kappa shape index (κ3) is 4.92.